The summed E-state index contributed by atoms with van der Waals surface area (Å²) in [6.07, 6.45) is 1.46. The molecule has 0 radical (unpaired) electrons. The minimum Gasteiger partial charge on any atom is -0.393 e. The first kappa shape index (κ1) is 13.7. The molecule has 2 amide bonds. The molecule has 102 valence electrons. The molecule has 2 aliphatic rings. The molecule has 0 aromatic rings. The van der Waals surface area contributed by atoms with E-state index in [0.29, 0.717) is 44.0 Å². The van der Waals surface area contributed by atoms with Gasteiger partial charge in [-0.15, -0.1) is 11.8 Å². The number of aliphatic hydroxyl groups excluding tert-OH is 1. The Kier molecular flexibility index (Phi) is 4.50. The van der Waals surface area contributed by atoms with Crippen LogP contribution in [0.25, 0.3) is 0 Å². The number of thioether (sulfide) groups is 1. The third kappa shape index (κ3) is 2.80. The maximum absolute atomic E-state index is 12.4. The van der Waals surface area contributed by atoms with Crippen LogP contribution in [0.2, 0.25) is 0 Å². The van der Waals surface area contributed by atoms with E-state index >= 15 is 0 Å². The third-order valence-electron chi connectivity index (χ3n) is 3.57. The van der Waals surface area contributed by atoms with Crippen molar-refractivity contribution < 1.29 is 14.7 Å². The lowest BCUT2D eigenvalue weighted by Gasteiger charge is -2.33. The van der Waals surface area contributed by atoms with Crippen LogP contribution in [0.5, 0.6) is 0 Å². The van der Waals surface area contributed by atoms with E-state index in [1.807, 2.05) is 6.92 Å². The van der Waals surface area contributed by atoms with Crippen molar-refractivity contribution in [3.63, 3.8) is 0 Å². The number of aliphatic hydroxyl groups is 1. The molecule has 0 saturated carbocycles. The van der Waals surface area contributed by atoms with Crippen molar-refractivity contribution in [2.45, 2.75) is 38.3 Å². The zero-order valence-electron chi connectivity index (χ0n) is 10.7. The van der Waals surface area contributed by atoms with Gasteiger partial charge in [0.1, 0.15) is 6.04 Å². The number of hydrogen-bond donors (Lipinski definition) is 1. The smallest absolute Gasteiger partial charge is 0.246 e. The predicted molar refractivity (Wildman–Crippen MR) is 70.1 cm³/mol. The van der Waals surface area contributed by atoms with E-state index in [4.69, 9.17) is 0 Å². The van der Waals surface area contributed by atoms with Gasteiger partial charge >= 0.3 is 0 Å². The predicted octanol–water partition coefficient (Wildman–Crippen LogP) is 0.281. The first-order valence-corrected chi connectivity index (χ1v) is 7.63. The highest BCUT2D eigenvalue weighted by molar-refractivity contribution is 7.99. The van der Waals surface area contributed by atoms with Crippen LogP contribution >= 0.6 is 11.8 Å². The highest BCUT2D eigenvalue weighted by atomic mass is 32.2. The number of amides is 2. The standard InChI is InChI=1S/C12H20N2O3S/c1-2-11(16)14-8-18-7-10(14)12(17)13-5-3-9(15)4-6-13/h9-10,15H,2-8H2,1H3. The Morgan fingerprint density at radius 2 is 2.00 bits per heavy atom. The first-order valence-electron chi connectivity index (χ1n) is 6.47. The average molecular weight is 272 g/mol. The Labute approximate surface area is 112 Å². The van der Waals surface area contributed by atoms with Gasteiger partial charge in [0.15, 0.2) is 0 Å². The number of carbonyl (C=O) groups excluding carboxylic acids is 2. The van der Waals surface area contributed by atoms with Gasteiger partial charge in [0.05, 0.1) is 12.0 Å². The van der Waals surface area contributed by atoms with Crippen molar-refractivity contribution >= 4 is 23.6 Å². The Morgan fingerprint density at radius 1 is 1.33 bits per heavy atom. The Balaban J connectivity index is 1.97. The third-order valence-corrected chi connectivity index (χ3v) is 4.58. The largest absolute Gasteiger partial charge is 0.393 e. The number of rotatable bonds is 2. The molecule has 2 heterocycles. The van der Waals surface area contributed by atoms with Crippen LogP contribution in [-0.4, -0.2) is 63.6 Å². The van der Waals surface area contributed by atoms with Gasteiger partial charge in [0.25, 0.3) is 0 Å². The number of likely N-dealkylation sites (tertiary alicyclic amines) is 1. The number of piperidine rings is 1. The second-order valence-corrected chi connectivity index (χ2v) is 5.79. The average Bonchev–Trinajstić information content (AvgIpc) is 2.87. The van der Waals surface area contributed by atoms with Crippen molar-refractivity contribution in [1.82, 2.24) is 9.80 Å². The number of carbonyl (C=O) groups is 2. The van der Waals surface area contributed by atoms with Crippen molar-refractivity contribution in [1.29, 1.82) is 0 Å². The van der Waals surface area contributed by atoms with Gasteiger partial charge in [0.2, 0.25) is 11.8 Å². The van der Waals surface area contributed by atoms with Crippen LogP contribution in [-0.2, 0) is 9.59 Å². The molecule has 1 unspecified atom stereocenters. The summed E-state index contributed by atoms with van der Waals surface area (Å²) in [5.74, 6) is 1.42. The molecule has 6 heteroatoms. The van der Waals surface area contributed by atoms with Gasteiger partial charge in [0, 0.05) is 25.3 Å². The lowest BCUT2D eigenvalue weighted by atomic mass is 10.1. The van der Waals surface area contributed by atoms with E-state index in [-0.39, 0.29) is 24.0 Å². The number of hydrogen-bond acceptors (Lipinski definition) is 4. The summed E-state index contributed by atoms with van der Waals surface area (Å²) in [6, 6.07) is -0.294. The van der Waals surface area contributed by atoms with Crippen LogP contribution in [0.1, 0.15) is 26.2 Å². The molecule has 0 aromatic heterocycles. The summed E-state index contributed by atoms with van der Waals surface area (Å²) < 4.78 is 0. The molecule has 0 spiro atoms. The maximum atomic E-state index is 12.4. The summed E-state index contributed by atoms with van der Waals surface area (Å²) in [6.45, 7) is 3.04. The van der Waals surface area contributed by atoms with Crippen LogP contribution in [0, 0.1) is 0 Å². The summed E-state index contributed by atoms with van der Waals surface area (Å²) in [5, 5.41) is 9.45. The highest BCUT2D eigenvalue weighted by Gasteiger charge is 2.37. The molecule has 5 nitrogen and oxygen atoms in total. The monoisotopic (exact) mass is 272 g/mol. The second-order valence-electron chi connectivity index (χ2n) is 4.79. The van der Waals surface area contributed by atoms with Crippen LogP contribution in [0.15, 0.2) is 0 Å². The molecule has 18 heavy (non-hydrogen) atoms. The Hall–Kier alpha value is -0.750. The normalized spacial score (nSPS) is 25.6. The van der Waals surface area contributed by atoms with Gasteiger partial charge in [-0.2, -0.15) is 0 Å². The molecule has 2 fully saturated rings. The minimum absolute atomic E-state index is 0.0497. The van der Waals surface area contributed by atoms with Crippen molar-refractivity contribution in [2.75, 3.05) is 24.7 Å². The van der Waals surface area contributed by atoms with Gasteiger partial charge < -0.3 is 14.9 Å². The molecule has 0 aromatic carbocycles. The van der Waals surface area contributed by atoms with E-state index in [2.05, 4.69) is 0 Å². The maximum Gasteiger partial charge on any atom is 0.246 e. The topological polar surface area (TPSA) is 60.9 Å². The Morgan fingerprint density at radius 3 is 2.61 bits per heavy atom. The summed E-state index contributed by atoms with van der Waals surface area (Å²) in [5.41, 5.74) is 0. The van der Waals surface area contributed by atoms with Gasteiger partial charge in [-0.25, -0.2) is 0 Å². The van der Waals surface area contributed by atoms with E-state index in [9.17, 15) is 14.7 Å². The highest BCUT2D eigenvalue weighted by Crippen LogP contribution is 2.24. The summed E-state index contributed by atoms with van der Waals surface area (Å²) in [7, 11) is 0. The zero-order chi connectivity index (χ0) is 13.1. The van der Waals surface area contributed by atoms with E-state index < -0.39 is 0 Å². The molecular weight excluding hydrogens is 252 g/mol. The molecule has 2 aliphatic heterocycles. The summed E-state index contributed by atoms with van der Waals surface area (Å²) in [4.78, 5) is 27.6. The quantitative estimate of drug-likeness (QED) is 0.784. The van der Waals surface area contributed by atoms with Crippen molar-refractivity contribution in [3.8, 4) is 0 Å². The van der Waals surface area contributed by atoms with Crippen molar-refractivity contribution in [2.24, 2.45) is 0 Å². The Bertz CT molecular complexity index is 329. The first-order chi connectivity index (χ1) is 8.63. The van der Waals surface area contributed by atoms with E-state index in [1.54, 1.807) is 21.6 Å². The van der Waals surface area contributed by atoms with E-state index in [1.165, 1.54) is 0 Å². The molecular formula is C12H20N2O3S. The van der Waals surface area contributed by atoms with Gasteiger partial charge in [-0.3, -0.25) is 9.59 Å². The molecule has 2 saturated heterocycles. The van der Waals surface area contributed by atoms with Gasteiger partial charge in [-0.05, 0) is 12.8 Å². The fraction of sp³-hybridized carbons (Fsp3) is 0.833. The van der Waals surface area contributed by atoms with Crippen LogP contribution in [0.3, 0.4) is 0 Å². The van der Waals surface area contributed by atoms with Crippen molar-refractivity contribution in [3.05, 3.63) is 0 Å². The van der Waals surface area contributed by atoms with Gasteiger partial charge in [-0.1, -0.05) is 6.92 Å². The molecule has 1 N–H and O–H groups in total. The van der Waals surface area contributed by atoms with E-state index in [0.717, 1.165) is 0 Å². The fourth-order valence-electron chi connectivity index (χ4n) is 2.39. The fourth-order valence-corrected chi connectivity index (χ4v) is 3.56. The zero-order valence-corrected chi connectivity index (χ0v) is 11.5. The minimum atomic E-state index is -0.294. The molecule has 1 atom stereocenters. The lowest BCUT2D eigenvalue weighted by Crippen LogP contribution is -2.51. The second kappa shape index (κ2) is 5.93. The molecule has 0 aliphatic carbocycles. The van der Waals surface area contributed by atoms with Crippen LogP contribution < -0.4 is 0 Å². The van der Waals surface area contributed by atoms with Crippen LogP contribution in [0.4, 0.5) is 0 Å². The molecule has 2 rings (SSSR count). The SMILES string of the molecule is CCC(=O)N1CSCC1C(=O)N1CCC(O)CC1. The molecule has 0 bridgehead atoms. The number of nitrogens with zero attached hydrogens (tertiary/aromatic N) is 2. The lowest BCUT2D eigenvalue weighted by molar-refractivity contribution is -0.144. The summed E-state index contributed by atoms with van der Waals surface area (Å²) >= 11 is 1.64.